The molecule has 1 fully saturated rings. The number of rotatable bonds is 47. The number of ether oxygens (including phenoxy) is 2. The molecule has 0 saturated carbocycles. The monoisotopic (exact) mass is 833 g/mol. The van der Waals surface area contributed by atoms with Gasteiger partial charge in [-0.3, -0.25) is 9.59 Å². The van der Waals surface area contributed by atoms with Crippen LogP contribution in [0.25, 0.3) is 0 Å². The molecule has 0 aromatic rings. The first kappa shape index (κ1) is 56.0. The van der Waals surface area contributed by atoms with Crippen LogP contribution < -0.4 is 0 Å². The first-order valence-electron chi connectivity index (χ1n) is 26.8. The molecule has 1 aliphatic heterocycles. The quantitative estimate of drug-likeness (QED) is 0.0450. The lowest BCUT2D eigenvalue weighted by Gasteiger charge is -2.25. The van der Waals surface area contributed by atoms with Gasteiger partial charge in [0.25, 0.3) is 0 Å². The Balaban J connectivity index is 2.22. The molecule has 0 aromatic carbocycles. The highest BCUT2D eigenvalue weighted by molar-refractivity contribution is 5.77. The topological polar surface area (TPSA) is 59.1 Å². The summed E-state index contributed by atoms with van der Waals surface area (Å²) < 4.78 is 12.1. The van der Waals surface area contributed by atoms with Crippen molar-refractivity contribution in [3.63, 3.8) is 0 Å². The van der Waals surface area contributed by atoms with Crippen LogP contribution in [0.2, 0.25) is 0 Å². The number of nitrogens with zero attached hydrogens (tertiary/aromatic N) is 2. The molecule has 0 N–H and O–H groups in total. The molecule has 0 spiro atoms. The fourth-order valence-corrected chi connectivity index (χ4v) is 9.05. The highest BCUT2D eigenvalue weighted by Gasteiger charge is 2.16. The molecule has 0 aliphatic carbocycles. The zero-order chi connectivity index (χ0) is 42.7. The normalized spacial score (nSPS) is 13.9. The fraction of sp³-hybridized carbons (Fsp3) is 0.962. The molecule has 0 radical (unpaired) electrons. The molecule has 0 aromatic heterocycles. The molecule has 1 rings (SSSR count). The summed E-state index contributed by atoms with van der Waals surface area (Å²) in [4.78, 5) is 30.1. The van der Waals surface area contributed by atoms with Crippen molar-refractivity contribution in [2.24, 2.45) is 5.92 Å². The molecule has 350 valence electrons. The number of carbonyl (C=O) groups excluding carboxylic acids is 2. The molecule has 59 heavy (non-hydrogen) atoms. The van der Waals surface area contributed by atoms with Crippen LogP contribution in [0.3, 0.4) is 0 Å². The van der Waals surface area contributed by atoms with E-state index >= 15 is 0 Å². The number of carbonyl (C=O) groups is 2. The summed E-state index contributed by atoms with van der Waals surface area (Å²) in [5.41, 5.74) is 0. The molecular formula is C53H104N2O4. The van der Waals surface area contributed by atoms with E-state index in [-0.39, 0.29) is 12.1 Å². The summed E-state index contributed by atoms with van der Waals surface area (Å²) in [5.74, 6) is 1.17. The number of hydrogen-bond donors (Lipinski definition) is 0. The number of hydrogen-bond acceptors (Lipinski definition) is 6. The highest BCUT2D eigenvalue weighted by Crippen LogP contribution is 2.22. The third-order valence-electron chi connectivity index (χ3n) is 13.2. The lowest BCUT2D eigenvalue weighted by atomic mass is 9.91. The molecular weight excluding hydrogens is 729 g/mol. The van der Waals surface area contributed by atoms with Crippen molar-refractivity contribution in [3.05, 3.63) is 0 Å². The lowest BCUT2D eigenvalue weighted by molar-refractivity contribution is -0.150. The van der Waals surface area contributed by atoms with E-state index in [0.29, 0.717) is 24.5 Å². The molecule has 1 heterocycles. The van der Waals surface area contributed by atoms with Gasteiger partial charge in [-0.05, 0) is 116 Å². The smallest absolute Gasteiger partial charge is 0.306 e. The Morgan fingerprint density at radius 2 is 0.966 bits per heavy atom. The number of likely N-dealkylation sites (tertiary alicyclic amines) is 1. The van der Waals surface area contributed by atoms with Gasteiger partial charge in [-0.15, -0.1) is 0 Å². The summed E-state index contributed by atoms with van der Waals surface area (Å²) in [5, 5.41) is 0. The zero-order valence-electron chi connectivity index (χ0n) is 40.5. The summed E-state index contributed by atoms with van der Waals surface area (Å²) in [6.45, 7) is 18.1. The second-order valence-corrected chi connectivity index (χ2v) is 18.8. The van der Waals surface area contributed by atoms with Crippen LogP contribution in [0.1, 0.15) is 265 Å². The lowest BCUT2D eigenvalue weighted by Crippen LogP contribution is -2.35. The maximum absolute atomic E-state index is 12.9. The minimum absolute atomic E-state index is 0.0551. The van der Waals surface area contributed by atoms with E-state index in [4.69, 9.17) is 9.47 Å². The van der Waals surface area contributed by atoms with Crippen LogP contribution in [-0.4, -0.2) is 80.1 Å². The Bertz CT molecular complexity index is 877. The highest BCUT2D eigenvalue weighted by atomic mass is 16.5. The Hall–Kier alpha value is -0.980. The van der Waals surface area contributed by atoms with Crippen molar-refractivity contribution in [2.75, 3.05) is 52.5 Å². The van der Waals surface area contributed by atoms with E-state index < -0.39 is 0 Å². The van der Waals surface area contributed by atoms with Crippen molar-refractivity contribution in [3.8, 4) is 0 Å². The largest absolute Gasteiger partial charge is 0.462 e. The van der Waals surface area contributed by atoms with E-state index in [2.05, 4.69) is 30.6 Å². The van der Waals surface area contributed by atoms with Crippen LogP contribution >= 0.6 is 0 Å². The average molecular weight is 833 g/mol. The van der Waals surface area contributed by atoms with Crippen molar-refractivity contribution in [2.45, 2.75) is 271 Å². The molecule has 6 heteroatoms. The van der Waals surface area contributed by atoms with Gasteiger partial charge in [-0.2, -0.15) is 0 Å². The van der Waals surface area contributed by atoms with Crippen molar-refractivity contribution in [1.82, 2.24) is 9.80 Å². The van der Waals surface area contributed by atoms with Gasteiger partial charge in [0, 0.05) is 45.6 Å². The zero-order valence-corrected chi connectivity index (χ0v) is 40.5. The van der Waals surface area contributed by atoms with Gasteiger partial charge in [0.05, 0.1) is 0 Å². The van der Waals surface area contributed by atoms with Gasteiger partial charge in [-0.1, -0.05) is 163 Å². The van der Waals surface area contributed by atoms with Gasteiger partial charge in [0.1, 0.15) is 11.9 Å². The summed E-state index contributed by atoms with van der Waals surface area (Å²) in [7, 11) is 0. The number of esters is 1. The van der Waals surface area contributed by atoms with Gasteiger partial charge in [-0.25, -0.2) is 0 Å². The van der Waals surface area contributed by atoms with Crippen LogP contribution in [-0.2, 0) is 19.1 Å². The molecule has 1 unspecified atom stereocenters. The minimum Gasteiger partial charge on any atom is -0.462 e. The Morgan fingerprint density at radius 3 is 1.56 bits per heavy atom. The van der Waals surface area contributed by atoms with Gasteiger partial charge < -0.3 is 19.3 Å². The Kier molecular flexibility index (Phi) is 41.5. The minimum atomic E-state index is 0.0551. The van der Waals surface area contributed by atoms with E-state index in [9.17, 15) is 9.59 Å². The van der Waals surface area contributed by atoms with Crippen molar-refractivity contribution >= 4 is 11.8 Å². The second-order valence-electron chi connectivity index (χ2n) is 18.8. The summed E-state index contributed by atoms with van der Waals surface area (Å²) in [6.07, 6.45) is 45.0. The number of ketones is 1. The first-order chi connectivity index (χ1) is 29.0. The number of Topliss-reactive ketones (excluding diaryl/α,β-unsaturated/α-hetero) is 1. The molecule has 6 nitrogen and oxygen atoms in total. The standard InChI is InChI=1S/C53H104N2O4/c1-5-9-12-14-19-26-37-52(38-27-20-15-13-10-6-2)59-53(57)39-28-21-18-23-30-43-54(46-47-55-44-31-32-45-55)42-29-22-16-17-24-33-48-58-49-34-36-50(35-25-11-7-3)40-41-51(56)8-4/h50,52H,5-49H2,1-4H3. The van der Waals surface area contributed by atoms with E-state index in [1.54, 1.807) is 0 Å². The van der Waals surface area contributed by atoms with Crippen LogP contribution in [0.4, 0.5) is 0 Å². The average Bonchev–Trinajstić information content (AvgIpc) is 3.77. The van der Waals surface area contributed by atoms with Gasteiger partial charge in [0.15, 0.2) is 0 Å². The third-order valence-corrected chi connectivity index (χ3v) is 13.2. The van der Waals surface area contributed by atoms with Crippen molar-refractivity contribution in [1.29, 1.82) is 0 Å². The molecule has 0 amide bonds. The van der Waals surface area contributed by atoms with Crippen LogP contribution in [0.15, 0.2) is 0 Å². The molecule has 0 bridgehead atoms. The SMILES string of the molecule is CCCCCCCCC(CCCCCCCC)OC(=O)CCCCCCCN(CCCCCCCCOCCCC(CCCCC)CCC(=O)CC)CCN1CCCC1. The molecule has 1 aliphatic rings. The van der Waals surface area contributed by atoms with E-state index in [1.807, 2.05) is 6.92 Å². The first-order valence-corrected chi connectivity index (χ1v) is 26.8. The summed E-state index contributed by atoms with van der Waals surface area (Å²) >= 11 is 0. The van der Waals surface area contributed by atoms with Gasteiger partial charge >= 0.3 is 5.97 Å². The third kappa shape index (κ3) is 37.3. The predicted molar refractivity (Wildman–Crippen MR) is 256 cm³/mol. The van der Waals surface area contributed by atoms with Gasteiger partial charge in [0.2, 0.25) is 0 Å². The maximum atomic E-state index is 12.9. The fourth-order valence-electron chi connectivity index (χ4n) is 9.05. The van der Waals surface area contributed by atoms with Crippen LogP contribution in [0, 0.1) is 5.92 Å². The Morgan fingerprint density at radius 1 is 0.492 bits per heavy atom. The Labute approximate surface area is 369 Å². The van der Waals surface area contributed by atoms with Crippen LogP contribution in [0.5, 0.6) is 0 Å². The molecule has 1 atom stereocenters. The predicted octanol–water partition coefficient (Wildman–Crippen LogP) is 15.2. The second kappa shape index (κ2) is 43.7. The number of unbranched alkanes of at least 4 members (excludes halogenated alkanes) is 21. The summed E-state index contributed by atoms with van der Waals surface area (Å²) in [6, 6.07) is 0. The van der Waals surface area contributed by atoms with Crippen molar-refractivity contribution < 1.29 is 19.1 Å². The van der Waals surface area contributed by atoms with E-state index in [1.165, 1.54) is 219 Å². The van der Waals surface area contributed by atoms with E-state index in [0.717, 1.165) is 58.2 Å². The maximum Gasteiger partial charge on any atom is 0.306 e. The molecule has 1 saturated heterocycles.